The summed E-state index contributed by atoms with van der Waals surface area (Å²) in [6, 6.07) is 6.99. The van der Waals surface area contributed by atoms with Gasteiger partial charge in [-0.15, -0.1) is 0 Å². The topological polar surface area (TPSA) is 82.6 Å². The Kier molecular flexibility index (Phi) is 6.31. The fourth-order valence-corrected chi connectivity index (χ4v) is 3.13. The first-order valence-corrected chi connectivity index (χ1v) is 9.79. The molecule has 0 bridgehead atoms. The minimum absolute atomic E-state index is 0.0773. The molecule has 3 rings (SSSR count). The highest BCUT2D eigenvalue weighted by atomic mass is 35.5. The lowest BCUT2D eigenvalue weighted by molar-refractivity contribution is 0.101. The summed E-state index contributed by atoms with van der Waals surface area (Å²) in [5.41, 5.74) is 3.88. The Morgan fingerprint density at radius 2 is 1.57 bits per heavy atom. The van der Waals surface area contributed by atoms with Gasteiger partial charge in [-0.1, -0.05) is 11.6 Å². The molecule has 0 saturated carbocycles. The normalized spacial score (nSPS) is 10.9. The number of anilines is 1. The Bertz CT molecular complexity index is 1120. The molecule has 1 amide bonds. The molecule has 0 spiro atoms. The largest absolute Gasteiger partial charge is 0.495 e. The number of halogens is 1. The van der Waals surface area contributed by atoms with Crippen molar-refractivity contribution in [3.8, 4) is 17.4 Å². The SMILES string of the molecule is COc1cc(OC)c(NC(=O)c2nc3cc(C)c(C)cc3nc2OC(C)C)cc1Cl. The number of aromatic nitrogens is 2. The van der Waals surface area contributed by atoms with Gasteiger partial charge in [-0.2, -0.15) is 0 Å². The Hall–Kier alpha value is -3.06. The molecule has 1 heterocycles. The molecule has 0 aliphatic rings. The van der Waals surface area contributed by atoms with Crippen LogP contribution < -0.4 is 19.5 Å². The van der Waals surface area contributed by atoms with E-state index in [0.717, 1.165) is 11.1 Å². The summed E-state index contributed by atoms with van der Waals surface area (Å²) < 4.78 is 16.3. The number of carbonyl (C=O) groups excluding carboxylic acids is 1. The number of rotatable bonds is 6. The van der Waals surface area contributed by atoms with Gasteiger partial charge in [0.05, 0.1) is 42.1 Å². The molecule has 1 N–H and O–H groups in total. The summed E-state index contributed by atoms with van der Waals surface area (Å²) in [4.78, 5) is 22.2. The number of hydrogen-bond acceptors (Lipinski definition) is 6. The molecule has 0 radical (unpaired) electrons. The number of methoxy groups -OCH3 is 2. The van der Waals surface area contributed by atoms with E-state index in [-0.39, 0.29) is 17.7 Å². The molecule has 0 unspecified atom stereocenters. The predicted octanol–water partition coefficient (Wildman–Crippen LogP) is 4.96. The molecule has 158 valence electrons. The highest BCUT2D eigenvalue weighted by Gasteiger charge is 2.21. The van der Waals surface area contributed by atoms with Crippen LogP contribution in [0.25, 0.3) is 11.0 Å². The maximum absolute atomic E-state index is 13.1. The molecule has 3 aromatic rings. The molecule has 0 fully saturated rings. The zero-order valence-corrected chi connectivity index (χ0v) is 18.5. The van der Waals surface area contributed by atoms with Gasteiger partial charge in [0.25, 0.3) is 5.91 Å². The lowest BCUT2D eigenvalue weighted by Crippen LogP contribution is -2.19. The molecule has 7 nitrogen and oxygen atoms in total. The Labute approximate surface area is 180 Å². The smallest absolute Gasteiger partial charge is 0.280 e. The average Bonchev–Trinajstić information content (AvgIpc) is 2.68. The van der Waals surface area contributed by atoms with E-state index in [2.05, 4.69) is 15.3 Å². The molecule has 0 saturated heterocycles. The molecule has 0 aliphatic heterocycles. The summed E-state index contributed by atoms with van der Waals surface area (Å²) in [7, 11) is 3.00. The molecule has 30 heavy (non-hydrogen) atoms. The van der Waals surface area contributed by atoms with Crippen LogP contribution in [0.5, 0.6) is 17.4 Å². The van der Waals surface area contributed by atoms with Gasteiger partial charge in [-0.05, 0) is 57.0 Å². The van der Waals surface area contributed by atoms with Gasteiger partial charge in [-0.25, -0.2) is 9.97 Å². The van der Waals surface area contributed by atoms with Gasteiger partial charge in [0, 0.05) is 6.07 Å². The third-order valence-electron chi connectivity index (χ3n) is 4.53. The first-order chi connectivity index (χ1) is 14.2. The van der Waals surface area contributed by atoms with Crippen molar-refractivity contribution in [2.45, 2.75) is 33.8 Å². The van der Waals surface area contributed by atoms with Gasteiger partial charge >= 0.3 is 0 Å². The van der Waals surface area contributed by atoms with Crippen molar-refractivity contribution in [2.24, 2.45) is 0 Å². The Balaban J connectivity index is 2.07. The molecule has 0 aliphatic carbocycles. The van der Waals surface area contributed by atoms with Crippen molar-refractivity contribution in [3.63, 3.8) is 0 Å². The maximum Gasteiger partial charge on any atom is 0.280 e. The summed E-state index contributed by atoms with van der Waals surface area (Å²) in [6.45, 7) is 7.71. The van der Waals surface area contributed by atoms with Gasteiger partial charge in [0.1, 0.15) is 11.5 Å². The van der Waals surface area contributed by atoms with E-state index in [0.29, 0.717) is 33.2 Å². The number of carbonyl (C=O) groups is 1. The van der Waals surface area contributed by atoms with Crippen LogP contribution in [-0.4, -0.2) is 36.2 Å². The second-order valence-corrected chi connectivity index (χ2v) is 7.52. The molecular weight excluding hydrogens is 406 g/mol. The van der Waals surface area contributed by atoms with Crippen LogP contribution in [0.3, 0.4) is 0 Å². The Morgan fingerprint density at radius 3 is 2.13 bits per heavy atom. The van der Waals surface area contributed by atoms with Crippen LogP contribution in [0.1, 0.15) is 35.5 Å². The highest BCUT2D eigenvalue weighted by molar-refractivity contribution is 6.32. The van der Waals surface area contributed by atoms with E-state index < -0.39 is 5.91 Å². The van der Waals surface area contributed by atoms with E-state index >= 15 is 0 Å². The third kappa shape index (κ3) is 4.41. The maximum atomic E-state index is 13.1. The van der Waals surface area contributed by atoms with Crippen molar-refractivity contribution in [1.82, 2.24) is 9.97 Å². The summed E-state index contributed by atoms with van der Waals surface area (Å²) in [5.74, 6) is 0.512. The first kappa shape index (κ1) is 21.6. The minimum Gasteiger partial charge on any atom is -0.495 e. The number of amides is 1. The van der Waals surface area contributed by atoms with Crippen LogP contribution in [0.2, 0.25) is 5.02 Å². The first-order valence-electron chi connectivity index (χ1n) is 9.42. The van der Waals surface area contributed by atoms with E-state index in [1.807, 2.05) is 39.8 Å². The van der Waals surface area contributed by atoms with Crippen LogP contribution in [0.4, 0.5) is 5.69 Å². The predicted molar refractivity (Wildman–Crippen MR) is 117 cm³/mol. The Morgan fingerprint density at radius 1 is 0.967 bits per heavy atom. The molecule has 1 aromatic heterocycles. The fraction of sp³-hybridized carbons (Fsp3) is 0.318. The number of ether oxygens (including phenoxy) is 3. The van der Waals surface area contributed by atoms with Crippen LogP contribution in [0.15, 0.2) is 24.3 Å². The van der Waals surface area contributed by atoms with Crippen LogP contribution in [-0.2, 0) is 0 Å². The molecule has 2 aromatic carbocycles. The lowest BCUT2D eigenvalue weighted by Gasteiger charge is -2.16. The summed E-state index contributed by atoms with van der Waals surface area (Å²) in [6.07, 6.45) is -0.181. The van der Waals surface area contributed by atoms with Gasteiger partial charge in [0.15, 0.2) is 5.69 Å². The van der Waals surface area contributed by atoms with Crippen molar-refractivity contribution in [1.29, 1.82) is 0 Å². The second-order valence-electron chi connectivity index (χ2n) is 7.11. The van der Waals surface area contributed by atoms with E-state index in [9.17, 15) is 4.79 Å². The standard InChI is InChI=1S/C22H24ClN3O4/c1-11(2)30-22-20(24-15-7-12(3)13(4)8-16(15)26-22)21(27)25-17-9-14(23)18(28-5)10-19(17)29-6/h7-11H,1-6H3,(H,25,27). The van der Waals surface area contributed by atoms with E-state index in [4.69, 9.17) is 25.8 Å². The van der Waals surface area contributed by atoms with Crippen molar-refractivity contribution < 1.29 is 19.0 Å². The monoisotopic (exact) mass is 429 g/mol. The lowest BCUT2D eigenvalue weighted by atomic mass is 10.1. The van der Waals surface area contributed by atoms with Gasteiger partial charge in [-0.3, -0.25) is 4.79 Å². The number of fused-ring (bicyclic) bond motifs is 1. The van der Waals surface area contributed by atoms with Gasteiger partial charge in [0.2, 0.25) is 5.88 Å². The van der Waals surface area contributed by atoms with Crippen molar-refractivity contribution in [2.75, 3.05) is 19.5 Å². The van der Waals surface area contributed by atoms with Crippen LogP contribution >= 0.6 is 11.6 Å². The number of benzene rings is 2. The van der Waals surface area contributed by atoms with E-state index in [1.165, 1.54) is 14.2 Å². The number of aryl methyl sites for hydroxylation is 2. The number of nitrogens with one attached hydrogen (secondary N) is 1. The van der Waals surface area contributed by atoms with Crippen LogP contribution in [0, 0.1) is 13.8 Å². The third-order valence-corrected chi connectivity index (χ3v) is 4.83. The summed E-state index contributed by atoms with van der Waals surface area (Å²) in [5, 5.41) is 3.12. The highest BCUT2D eigenvalue weighted by Crippen LogP contribution is 2.36. The zero-order valence-electron chi connectivity index (χ0n) is 17.8. The van der Waals surface area contributed by atoms with Crippen molar-refractivity contribution in [3.05, 3.63) is 46.1 Å². The number of hydrogen-bond donors (Lipinski definition) is 1. The summed E-state index contributed by atoms with van der Waals surface area (Å²) >= 11 is 6.21. The van der Waals surface area contributed by atoms with Gasteiger partial charge < -0.3 is 19.5 Å². The quantitative estimate of drug-likeness (QED) is 0.596. The zero-order chi connectivity index (χ0) is 22.0. The second kappa shape index (κ2) is 8.75. The average molecular weight is 430 g/mol. The fourth-order valence-electron chi connectivity index (χ4n) is 2.89. The minimum atomic E-state index is -0.488. The van der Waals surface area contributed by atoms with E-state index in [1.54, 1.807) is 12.1 Å². The van der Waals surface area contributed by atoms with Crippen molar-refractivity contribution >= 4 is 34.2 Å². The molecular formula is C22H24ClN3O4. The number of nitrogens with zero attached hydrogens (tertiary/aromatic N) is 2. The molecule has 0 atom stereocenters. The molecule has 8 heteroatoms.